The Hall–Kier alpha value is -1.56. The molecule has 0 fully saturated rings. The largest absolute Gasteiger partial charge is 0.489 e. The topological polar surface area (TPSA) is 82.2 Å². The Kier molecular flexibility index (Phi) is 3.68. The molecule has 0 saturated carbocycles. The van der Waals surface area contributed by atoms with Gasteiger partial charge in [-0.15, -0.1) is 0 Å². The lowest BCUT2D eigenvalue weighted by atomic mass is 10.3. The summed E-state index contributed by atoms with van der Waals surface area (Å²) in [5.41, 5.74) is 3.81. The molecule has 0 unspecified atom stereocenters. The molecule has 6 heteroatoms. The van der Waals surface area contributed by atoms with Gasteiger partial charge in [-0.25, -0.2) is 5.84 Å². The molecule has 0 saturated heterocycles. The number of hydrogen-bond acceptors (Lipinski definition) is 4. The van der Waals surface area contributed by atoms with E-state index < -0.39 is 0 Å². The lowest BCUT2D eigenvalue weighted by molar-refractivity contribution is -0.121. The van der Waals surface area contributed by atoms with Gasteiger partial charge in [-0.05, 0) is 13.8 Å². The van der Waals surface area contributed by atoms with E-state index in [1.165, 1.54) is 0 Å². The monoisotopic (exact) mass is 212 g/mol. The van der Waals surface area contributed by atoms with Crippen molar-refractivity contribution in [1.29, 1.82) is 0 Å². The van der Waals surface area contributed by atoms with Gasteiger partial charge in [0.15, 0.2) is 5.75 Å². The quantitative estimate of drug-likeness (QED) is 0.411. The first-order valence-electron chi connectivity index (χ1n) is 4.68. The number of rotatable bonds is 4. The third kappa shape index (κ3) is 2.69. The predicted molar refractivity (Wildman–Crippen MR) is 55.1 cm³/mol. The number of aromatic nitrogens is 2. The molecular formula is C9H16N4O2. The smallest absolute Gasteiger partial charge is 0.237 e. The van der Waals surface area contributed by atoms with Crippen molar-refractivity contribution in [2.75, 3.05) is 6.61 Å². The summed E-state index contributed by atoms with van der Waals surface area (Å²) in [7, 11) is 1.85. The van der Waals surface area contributed by atoms with Crippen LogP contribution in [0.3, 0.4) is 0 Å². The minimum absolute atomic E-state index is 0.240. The standard InChI is InChI=1S/C9H16N4O2/c1-6-9(7(2)13(3)12-6)15-5-4-8(14)11-10/h4-5,10H2,1-3H3,(H,11,14). The average Bonchev–Trinajstić information content (AvgIpc) is 2.44. The molecular weight excluding hydrogens is 196 g/mol. The van der Waals surface area contributed by atoms with Gasteiger partial charge in [-0.3, -0.25) is 14.9 Å². The number of hydrogen-bond donors (Lipinski definition) is 2. The van der Waals surface area contributed by atoms with Crippen molar-refractivity contribution in [2.24, 2.45) is 12.9 Å². The summed E-state index contributed by atoms with van der Waals surface area (Å²) < 4.78 is 7.20. The van der Waals surface area contributed by atoms with Gasteiger partial charge in [0.1, 0.15) is 5.69 Å². The van der Waals surface area contributed by atoms with Gasteiger partial charge in [0.2, 0.25) is 5.91 Å². The van der Waals surface area contributed by atoms with E-state index in [-0.39, 0.29) is 12.3 Å². The fourth-order valence-corrected chi connectivity index (χ4v) is 1.28. The fraction of sp³-hybridized carbons (Fsp3) is 0.556. The Balaban J connectivity index is 2.54. The van der Waals surface area contributed by atoms with Crippen molar-refractivity contribution in [3.8, 4) is 5.75 Å². The summed E-state index contributed by atoms with van der Waals surface area (Å²) in [6.45, 7) is 4.08. The van der Waals surface area contributed by atoms with E-state index in [0.29, 0.717) is 6.61 Å². The van der Waals surface area contributed by atoms with Crippen LogP contribution in [0.5, 0.6) is 5.75 Å². The van der Waals surface area contributed by atoms with Gasteiger partial charge in [0.05, 0.1) is 18.7 Å². The Bertz CT molecular complexity index is 359. The van der Waals surface area contributed by atoms with Crippen LogP contribution < -0.4 is 16.0 Å². The summed E-state index contributed by atoms with van der Waals surface area (Å²) in [4.78, 5) is 10.8. The van der Waals surface area contributed by atoms with Crippen molar-refractivity contribution in [2.45, 2.75) is 20.3 Å². The maximum Gasteiger partial charge on any atom is 0.237 e. The van der Waals surface area contributed by atoms with Crippen LogP contribution in [0.25, 0.3) is 0 Å². The first kappa shape index (κ1) is 11.5. The van der Waals surface area contributed by atoms with Gasteiger partial charge >= 0.3 is 0 Å². The molecule has 0 aliphatic rings. The van der Waals surface area contributed by atoms with Crippen LogP contribution in [0.4, 0.5) is 0 Å². The van der Waals surface area contributed by atoms with Crippen LogP contribution in [-0.4, -0.2) is 22.3 Å². The molecule has 1 amide bonds. The summed E-state index contributed by atoms with van der Waals surface area (Å²) >= 11 is 0. The maximum atomic E-state index is 10.8. The number of carbonyl (C=O) groups excluding carboxylic acids is 1. The zero-order valence-electron chi connectivity index (χ0n) is 9.20. The second kappa shape index (κ2) is 4.79. The van der Waals surface area contributed by atoms with Crippen LogP contribution in [0.15, 0.2) is 0 Å². The van der Waals surface area contributed by atoms with Gasteiger partial charge in [0, 0.05) is 7.05 Å². The Labute approximate surface area is 88.4 Å². The third-order valence-corrected chi connectivity index (χ3v) is 2.18. The van der Waals surface area contributed by atoms with Gasteiger partial charge in [-0.1, -0.05) is 0 Å². The molecule has 0 spiro atoms. The molecule has 0 atom stereocenters. The maximum absolute atomic E-state index is 10.8. The number of amides is 1. The summed E-state index contributed by atoms with van der Waals surface area (Å²) in [6, 6.07) is 0. The number of nitrogens with zero attached hydrogens (tertiary/aromatic N) is 2. The van der Waals surface area contributed by atoms with Crippen molar-refractivity contribution in [3.05, 3.63) is 11.4 Å². The van der Waals surface area contributed by atoms with E-state index in [2.05, 4.69) is 5.10 Å². The highest BCUT2D eigenvalue weighted by Crippen LogP contribution is 2.21. The van der Waals surface area contributed by atoms with Crippen molar-refractivity contribution < 1.29 is 9.53 Å². The van der Waals surface area contributed by atoms with E-state index in [1.807, 2.05) is 26.3 Å². The lowest BCUT2D eigenvalue weighted by Crippen LogP contribution is -2.31. The van der Waals surface area contributed by atoms with Crippen LogP contribution >= 0.6 is 0 Å². The van der Waals surface area contributed by atoms with Gasteiger partial charge < -0.3 is 4.74 Å². The molecule has 0 aromatic carbocycles. The molecule has 0 aliphatic carbocycles. The van der Waals surface area contributed by atoms with Crippen LogP contribution in [0, 0.1) is 13.8 Å². The Morgan fingerprint density at radius 3 is 2.73 bits per heavy atom. The van der Waals surface area contributed by atoms with E-state index >= 15 is 0 Å². The second-order valence-electron chi connectivity index (χ2n) is 3.29. The number of hydrazine groups is 1. The minimum atomic E-state index is -0.241. The zero-order chi connectivity index (χ0) is 11.4. The number of ether oxygens (including phenoxy) is 1. The molecule has 1 aromatic heterocycles. The molecule has 1 heterocycles. The van der Waals surface area contributed by atoms with Gasteiger partial charge in [0.25, 0.3) is 0 Å². The lowest BCUT2D eigenvalue weighted by Gasteiger charge is -2.05. The molecule has 6 nitrogen and oxygen atoms in total. The van der Waals surface area contributed by atoms with E-state index in [0.717, 1.165) is 17.1 Å². The molecule has 84 valence electrons. The van der Waals surface area contributed by atoms with Crippen molar-refractivity contribution in [3.63, 3.8) is 0 Å². The summed E-state index contributed by atoms with van der Waals surface area (Å²) in [5, 5.41) is 4.19. The predicted octanol–water partition coefficient (Wildman–Crippen LogP) is -0.204. The summed E-state index contributed by atoms with van der Waals surface area (Å²) in [6.07, 6.45) is 0.240. The Morgan fingerprint density at radius 2 is 2.27 bits per heavy atom. The van der Waals surface area contributed by atoms with Gasteiger partial charge in [-0.2, -0.15) is 5.10 Å². The number of aryl methyl sites for hydroxylation is 2. The first-order valence-corrected chi connectivity index (χ1v) is 4.68. The molecule has 3 N–H and O–H groups in total. The second-order valence-corrected chi connectivity index (χ2v) is 3.29. The number of nitrogens with two attached hydrogens (primary N) is 1. The van der Waals surface area contributed by atoms with Crippen molar-refractivity contribution in [1.82, 2.24) is 15.2 Å². The fourth-order valence-electron chi connectivity index (χ4n) is 1.28. The Morgan fingerprint density at radius 1 is 1.60 bits per heavy atom. The molecule has 0 bridgehead atoms. The number of carbonyl (C=O) groups is 1. The van der Waals surface area contributed by atoms with Crippen LogP contribution in [-0.2, 0) is 11.8 Å². The summed E-state index contributed by atoms with van der Waals surface area (Å²) in [5.74, 6) is 5.44. The van der Waals surface area contributed by atoms with E-state index in [9.17, 15) is 4.79 Å². The molecule has 1 rings (SSSR count). The highest BCUT2D eigenvalue weighted by molar-refractivity contribution is 5.75. The van der Waals surface area contributed by atoms with E-state index in [1.54, 1.807) is 4.68 Å². The van der Waals surface area contributed by atoms with Crippen LogP contribution in [0.1, 0.15) is 17.8 Å². The molecule has 15 heavy (non-hydrogen) atoms. The zero-order valence-corrected chi connectivity index (χ0v) is 9.20. The molecule has 0 radical (unpaired) electrons. The normalized spacial score (nSPS) is 10.1. The number of nitrogens with one attached hydrogen (secondary N) is 1. The third-order valence-electron chi connectivity index (χ3n) is 2.18. The SMILES string of the molecule is Cc1nn(C)c(C)c1OCCC(=O)NN. The first-order chi connectivity index (χ1) is 7.06. The average molecular weight is 212 g/mol. The molecule has 0 aliphatic heterocycles. The van der Waals surface area contributed by atoms with E-state index in [4.69, 9.17) is 10.6 Å². The molecule has 1 aromatic rings. The minimum Gasteiger partial charge on any atom is -0.489 e. The highest BCUT2D eigenvalue weighted by atomic mass is 16.5. The van der Waals surface area contributed by atoms with Crippen LogP contribution in [0.2, 0.25) is 0 Å². The van der Waals surface area contributed by atoms with Crippen molar-refractivity contribution >= 4 is 5.91 Å². The highest BCUT2D eigenvalue weighted by Gasteiger charge is 2.10.